The first-order chi connectivity index (χ1) is 15.8. The molecule has 2 nitrogen and oxygen atoms in total. The van der Waals surface area contributed by atoms with Crippen molar-refractivity contribution in [1.29, 1.82) is 0 Å². The van der Waals surface area contributed by atoms with Crippen LogP contribution in [0.1, 0.15) is 55.9 Å². The standard InChI is InChI=1S/C19H25F6NO.C6H5F/c1-11-4-5-17(8-14(11)10-26-3)27-12(2)13-6-15(18(20,21)22)9-16(7-13)19(23,24)25;7-6-4-2-1-3-5-6/h6-7,9,11-12,14,17,26H,4-5,8,10H2,1-3H3;1-5H/t11?,12?,14?,17-;/m1./s1. The predicted molar refractivity (Wildman–Crippen MR) is 117 cm³/mol. The van der Waals surface area contributed by atoms with Gasteiger partial charge in [0.1, 0.15) is 5.82 Å². The molecule has 3 unspecified atom stereocenters. The first-order valence-corrected chi connectivity index (χ1v) is 11.1. The summed E-state index contributed by atoms with van der Waals surface area (Å²) >= 11 is 0. The van der Waals surface area contributed by atoms with E-state index < -0.39 is 29.6 Å². The van der Waals surface area contributed by atoms with Crippen molar-refractivity contribution in [2.75, 3.05) is 13.6 Å². The highest BCUT2D eigenvalue weighted by molar-refractivity contribution is 5.34. The summed E-state index contributed by atoms with van der Waals surface area (Å²) in [5.74, 6) is 0.689. The lowest BCUT2D eigenvalue weighted by atomic mass is 9.79. The quantitative estimate of drug-likeness (QED) is 0.432. The van der Waals surface area contributed by atoms with E-state index in [1.807, 2.05) is 7.05 Å². The second-order valence-corrected chi connectivity index (χ2v) is 8.64. The molecule has 4 atom stereocenters. The van der Waals surface area contributed by atoms with Gasteiger partial charge in [0, 0.05) is 0 Å². The van der Waals surface area contributed by atoms with Crippen LogP contribution in [0.3, 0.4) is 0 Å². The van der Waals surface area contributed by atoms with Gasteiger partial charge in [-0.3, -0.25) is 0 Å². The molecule has 3 rings (SSSR count). The molecule has 1 aliphatic carbocycles. The minimum absolute atomic E-state index is 0.110. The van der Waals surface area contributed by atoms with Gasteiger partial charge >= 0.3 is 12.4 Å². The molecule has 0 saturated heterocycles. The van der Waals surface area contributed by atoms with Crippen LogP contribution in [0.2, 0.25) is 0 Å². The minimum Gasteiger partial charge on any atom is -0.371 e. The van der Waals surface area contributed by atoms with Crippen molar-refractivity contribution in [2.45, 2.75) is 57.7 Å². The largest absolute Gasteiger partial charge is 0.416 e. The molecule has 0 aromatic heterocycles. The van der Waals surface area contributed by atoms with Crippen LogP contribution >= 0.6 is 0 Å². The van der Waals surface area contributed by atoms with E-state index in [9.17, 15) is 30.7 Å². The summed E-state index contributed by atoms with van der Waals surface area (Å²) in [6.45, 7) is 4.45. The maximum Gasteiger partial charge on any atom is 0.416 e. The number of benzene rings is 2. The van der Waals surface area contributed by atoms with Gasteiger partial charge in [0.25, 0.3) is 0 Å². The Balaban J connectivity index is 0.000000497. The highest BCUT2D eigenvalue weighted by atomic mass is 19.4. The number of ether oxygens (including phenoxy) is 1. The normalized spacial score (nSPS) is 22.0. The van der Waals surface area contributed by atoms with Crippen LogP contribution in [0, 0.1) is 17.7 Å². The lowest BCUT2D eigenvalue weighted by Crippen LogP contribution is -2.34. The molecule has 34 heavy (non-hydrogen) atoms. The fraction of sp³-hybridized carbons (Fsp3) is 0.520. The van der Waals surface area contributed by atoms with E-state index in [4.69, 9.17) is 4.74 Å². The summed E-state index contributed by atoms with van der Waals surface area (Å²) in [4.78, 5) is 0. The summed E-state index contributed by atoms with van der Waals surface area (Å²) in [6, 6.07) is 9.57. The molecule has 0 heterocycles. The topological polar surface area (TPSA) is 21.3 Å². The average molecular weight is 494 g/mol. The molecule has 2 aromatic rings. The fourth-order valence-corrected chi connectivity index (χ4v) is 4.04. The number of hydrogen-bond acceptors (Lipinski definition) is 2. The Hall–Kier alpha value is -2.13. The van der Waals surface area contributed by atoms with Crippen LogP contribution in [-0.4, -0.2) is 19.7 Å². The Labute approximate surface area is 195 Å². The second-order valence-electron chi connectivity index (χ2n) is 8.64. The van der Waals surface area contributed by atoms with Crippen LogP contribution in [0.25, 0.3) is 0 Å². The summed E-state index contributed by atoms with van der Waals surface area (Å²) in [5.41, 5.74) is -2.73. The Morgan fingerprint density at radius 2 is 1.50 bits per heavy atom. The van der Waals surface area contributed by atoms with E-state index in [-0.39, 0.29) is 23.6 Å². The van der Waals surface area contributed by atoms with Gasteiger partial charge in [-0.25, -0.2) is 4.39 Å². The molecule has 0 bridgehead atoms. The van der Waals surface area contributed by atoms with Crippen molar-refractivity contribution < 1.29 is 35.5 Å². The van der Waals surface area contributed by atoms with Gasteiger partial charge in [0.15, 0.2) is 0 Å². The zero-order valence-electron chi connectivity index (χ0n) is 19.3. The number of hydrogen-bond donors (Lipinski definition) is 1. The van der Waals surface area contributed by atoms with E-state index in [1.54, 1.807) is 18.2 Å². The van der Waals surface area contributed by atoms with Gasteiger partial charge in [-0.1, -0.05) is 25.1 Å². The van der Waals surface area contributed by atoms with Crippen LogP contribution in [0.15, 0.2) is 48.5 Å². The average Bonchev–Trinajstić information content (AvgIpc) is 2.76. The molecule has 0 radical (unpaired) electrons. The number of nitrogens with one attached hydrogen (secondary N) is 1. The van der Waals surface area contributed by atoms with Gasteiger partial charge in [-0.2, -0.15) is 26.3 Å². The number of rotatable bonds is 5. The van der Waals surface area contributed by atoms with Crippen LogP contribution in [-0.2, 0) is 17.1 Å². The van der Waals surface area contributed by atoms with E-state index in [2.05, 4.69) is 12.2 Å². The lowest BCUT2D eigenvalue weighted by Gasteiger charge is -2.35. The van der Waals surface area contributed by atoms with Crippen LogP contribution in [0.5, 0.6) is 0 Å². The highest BCUT2D eigenvalue weighted by Crippen LogP contribution is 2.39. The Bertz CT molecular complexity index is 851. The molecule has 0 spiro atoms. The highest BCUT2D eigenvalue weighted by Gasteiger charge is 2.38. The van der Waals surface area contributed by atoms with E-state index >= 15 is 0 Å². The zero-order valence-corrected chi connectivity index (χ0v) is 19.3. The molecule has 0 aliphatic heterocycles. The number of halogens is 7. The zero-order chi connectivity index (χ0) is 25.5. The van der Waals surface area contributed by atoms with Crippen LogP contribution < -0.4 is 5.32 Å². The van der Waals surface area contributed by atoms with Crippen molar-refractivity contribution >= 4 is 0 Å². The Morgan fingerprint density at radius 1 is 0.941 bits per heavy atom. The monoisotopic (exact) mass is 493 g/mol. The first kappa shape index (κ1) is 28.1. The van der Waals surface area contributed by atoms with Crippen molar-refractivity contribution in [3.05, 3.63) is 71.0 Å². The summed E-state index contributed by atoms with van der Waals surface area (Å²) < 4.78 is 95.9. The maximum atomic E-state index is 13.0. The Kier molecular flexibility index (Phi) is 9.94. The van der Waals surface area contributed by atoms with Gasteiger partial charge in [-0.15, -0.1) is 0 Å². The van der Waals surface area contributed by atoms with Gasteiger partial charge in [-0.05, 0) is 87.5 Å². The molecule has 1 N–H and O–H groups in total. The Morgan fingerprint density at radius 3 is 1.94 bits per heavy atom. The third-order valence-corrected chi connectivity index (χ3v) is 5.99. The second kappa shape index (κ2) is 12.0. The molecular weight excluding hydrogens is 463 g/mol. The molecule has 190 valence electrons. The number of alkyl halides is 6. The molecular formula is C25H30F7NO. The SMILES string of the molecule is CNCC1C[C@H](OC(C)c2cc(C(F)(F)F)cc(C(F)(F)F)c2)CCC1C.Fc1ccccc1. The van der Waals surface area contributed by atoms with E-state index in [1.165, 1.54) is 19.1 Å². The van der Waals surface area contributed by atoms with Crippen LogP contribution in [0.4, 0.5) is 30.7 Å². The van der Waals surface area contributed by atoms with Crippen molar-refractivity contribution in [3.8, 4) is 0 Å². The summed E-state index contributed by atoms with van der Waals surface area (Å²) in [5, 5.41) is 3.12. The van der Waals surface area contributed by atoms with Gasteiger partial charge < -0.3 is 10.1 Å². The lowest BCUT2D eigenvalue weighted by molar-refractivity contribution is -0.143. The predicted octanol–water partition coefficient (Wildman–Crippen LogP) is 7.65. The van der Waals surface area contributed by atoms with E-state index in [0.29, 0.717) is 11.8 Å². The third kappa shape index (κ3) is 8.58. The summed E-state index contributed by atoms with van der Waals surface area (Å²) in [6.07, 6.45) is -8.35. The van der Waals surface area contributed by atoms with Gasteiger partial charge in [0.2, 0.25) is 0 Å². The molecule has 1 fully saturated rings. The fourth-order valence-electron chi connectivity index (χ4n) is 4.04. The van der Waals surface area contributed by atoms with Crippen molar-refractivity contribution in [1.82, 2.24) is 5.32 Å². The first-order valence-electron chi connectivity index (χ1n) is 11.1. The van der Waals surface area contributed by atoms with Crippen molar-refractivity contribution in [2.24, 2.45) is 11.8 Å². The van der Waals surface area contributed by atoms with Crippen molar-refractivity contribution in [3.63, 3.8) is 0 Å². The third-order valence-electron chi connectivity index (χ3n) is 5.99. The maximum absolute atomic E-state index is 13.0. The molecule has 0 amide bonds. The molecule has 1 aliphatic rings. The molecule has 9 heteroatoms. The van der Waals surface area contributed by atoms with Gasteiger partial charge in [0.05, 0.1) is 23.3 Å². The molecule has 1 saturated carbocycles. The molecule has 2 aromatic carbocycles. The smallest absolute Gasteiger partial charge is 0.371 e. The summed E-state index contributed by atoms with van der Waals surface area (Å²) in [7, 11) is 1.85. The minimum atomic E-state index is -4.85. The van der Waals surface area contributed by atoms with E-state index in [0.717, 1.165) is 37.9 Å².